The monoisotopic (exact) mass is 550 g/mol. The molecule has 39 heavy (non-hydrogen) atoms. The van der Waals surface area contributed by atoms with Crippen LogP contribution in [0.1, 0.15) is 61.3 Å². The van der Waals surface area contributed by atoms with Crippen molar-refractivity contribution >= 4 is 11.9 Å². The van der Waals surface area contributed by atoms with Crippen molar-refractivity contribution in [1.29, 1.82) is 0 Å². The molecule has 0 aliphatic carbocycles. The van der Waals surface area contributed by atoms with Gasteiger partial charge in [0.2, 0.25) is 0 Å². The third-order valence-electron chi connectivity index (χ3n) is 7.43. The summed E-state index contributed by atoms with van der Waals surface area (Å²) in [5.41, 5.74) is -0.889. The average molecular weight is 551 g/mol. The molecule has 9 heteroatoms. The third kappa shape index (κ3) is 9.69. The molecule has 1 saturated heterocycles. The van der Waals surface area contributed by atoms with E-state index in [0.717, 1.165) is 5.57 Å². The Bertz CT molecular complexity index is 950. The van der Waals surface area contributed by atoms with Gasteiger partial charge >= 0.3 is 11.9 Å². The fourth-order valence-corrected chi connectivity index (χ4v) is 4.67. The zero-order valence-corrected chi connectivity index (χ0v) is 24.1. The minimum absolute atomic E-state index is 0.0588. The fraction of sp³-hybridized carbons (Fsp3) is 0.667. The maximum absolute atomic E-state index is 12.6. The van der Waals surface area contributed by atoms with E-state index in [9.17, 15) is 30.0 Å². The molecule has 2 rings (SSSR count). The molecule has 4 N–H and O–H groups in total. The number of hydrogen-bond donors (Lipinski definition) is 4. The van der Waals surface area contributed by atoms with E-state index in [1.165, 1.54) is 26.0 Å². The lowest BCUT2D eigenvalue weighted by Crippen LogP contribution is -2.40. The lowest BCUT2D eigenvalue weighted by atomic mass is 9.91. The Labute approximate surface area is 231 Å². The minimum Gasteiger partial charge on any atom is -0.457 e. The van der Waals surface area contributed by atoms with Crippen molar-refractivity contribution in [2.24, 2.45) is 17.8 Å². The van der Waals surface area contributed by atoms with Crippen LogP contribution in [0.5, 0.6) is 0 Å². The number of epoxide rings is 1. The van der Waals surface area contributed by atoms with E-state index < -0.39 is 48.1 Å². The van der Waals surface area contributed by atoms with Crippen molar-refractivity contribution in [1.82, 2.24) is 0 Å². The zero-order valence-electron chi connectivity index (χ0n) is 24.1. The van der Waals surface area contributed by atoms with E-state index in [4.69, 9.17) is 14.2 Å². The largest absolute Gasteiger partial charge is 0.457 e. The predicted molar refractivity (Wildman–Crippen MR) is 146 cm³/mol. The van der Waals surface area contributed by atoms with Gasteiger partial charge in [-0.05, 0) is 31.9 Å². The van der Waals surface area contributed by atoms with Crippen molar-refractivity contribution in [3.63, 3.8) is 0 Å². The van der Waals surface area contributed by atoms with E-state index in [1.54, 1.807) is 24.3 Å². The van der Waals surface area contributed by atoms with E-state index >= 15 is 0 Å². The molecular formula is C30H46O9. The maximum atomic E-state index is 12.6. The molecule has 0 spiro atoms. The second-order valence-corrected chi connectivity index (χ2v) is 11.1. The van der Waals surface area contributed by atoms with Crippen molar-refractivity contribution in [2.75, 3.05) is 0 Å². The van der Waals surface area contributed by atoms with Gasteiger partial charge in [-0.2, -0.15) is 0 Å². The molecule has 2 aliphatic heterocycles. The summed E-state index contributed by atoms with van der Waals surface area (Å²) in [6.07, 6.45) is 7.00. The van der Waals surface area contributed by atoms with Gasteiger partial charge in [0, 0.05) is 24.7 Å². The van der Waals surface area contributed by atoms with E-state index in [1.807, 2.05) is 40.7 Å². The number of rotatable bonds is 9. The number of carbonyl (C=O) groups excluding carboxylic acids is 2. The number of esters is 2. The van der Waals surface area contributed by atoms with Crippen LogP contribution in [0.2, 0.25) is 0 Å². The maximum Gasteiger partial charge on any atom is 0.309 e. The topological polar surface area (TPSA) is 146 Å². The molecule has 11 atom stereocenters. The predicted octanol–water partition coefficient (Wildman–Crippen LogP) is 2.77. The highest BCUT2D eigenvalue weighted by Crippen LogP contribution is 2.36. The third-order valence-corrected chi connectivity index (χ3v) is 7.43. The lowest BCUT2D eigenvalue weighted by Gasteiger charge is -2.29. The number of cyclic esters (lactones) is 1. The van der Waals surface area contributed by atoms with Gasteiger partial charge in [0.05, 0.1) is 30.8 Å². The Kier molecular flexibility index (Phi) is 12.1. The molecule has 0 aromatic carbocycles. The van der Waals surface area contributed by atoms with E-state index in [2.05, 4.69) is 0 Å². The normalized spacial score (nSPS) is 37.0. The summed E-state index contributed by atoms with van der Waals surface area (Å²) in [4.78, 5) is 24.2. The minimum atomic E-state index is -1.61. The van der Waals surface area contributed by atoms with Gasteiger partial charge in [0.15, 0.2) is 6.10 Å². The first-order chi connectivity index (χ1) is 18.2. The van der Waals surface area contributed by atoms with Crippen LogP contribution in [0.25, 0.3) is 0 Å². The van der Waals surface area contributed by atoms with Crippen LogP contribution in [0.15, 0.2) is 48.1 Å². The van der Waals surface area contributed by atoms with Crippen LogP contribution < -0.4 is 0 Å². The number of aliphatic hydroxyl groups excluding tert-OH is 3. The molecule has 0 aromatic rings. The van der Waals surface area contributed by atoms with Gasteiger partial charge in [0.1, 0.15) is 17.8 Å². The second kappa shape index (κ2) is 14.4. The molecule has 0 bridgehead atoms. The molecule has 220 valence electrons. The highest BCUT2D eigenvalue weighted by atomic mass is 16.6. The van der Waals surface area contributed by atoms with Crippen LogP contribution >= 0.6 is 0 Å². The first kappa shape index (κ1) is 32.9. The number of carbonyl (C=O) groups is 2. The smallest absolute Gasteiger partial charge is 0.309 e. The molecule has 0 saturated carbocycles. The molecule has 9 nitrogen and oxygen atoms in total. The molecule has 0 radical (unpaired) electrons. The van der Waals surface area contributed by atoms with Gasteiger partial charge in [-0.3, -0.25) is 9.59 Å². The summed E-state index contributed by atoms with van der Waals surface area (Å²) in [5.74, 6) is -1.81. The number of ether oxygens (including phenoxy) is 3. The highest BCUT2D eigenvalue weighted by Gasteiger charge is 2.50. The first-order valence-corrected chi connectivity index (χ1v) is 13.7. The molecular weight excluding hydrogens is 504 g/mol. The van der Waals surface area contributed by atoms with Crippen LogP contribution in [0, 0.1) is 17.8 Å². The number of aliphatic hydroxyl groups is 4. The van der Waals surface area contributed by atoms with Crippen molar-refractivity contribution < 1.29 is 44.2 Å². The average Bonchev–Trinajstić information content (AvgIpc) is 3.66. The highest BCUT2D eigenvalue weighted by molar-refractivity contribution is 5.71. The van der Waals surface area contributed by atoms with Crippen LogP contribution in [0.3, 0.4) is 0 Å². The fourth-order valence-electron chi connectivity index (χ4n) is 4.67. The molecule has 11 unspecified atom stereocenters. The summed E-state index contributed by atoms with van der Waals surface area (Å²) in [5, 5.41) is 41.9. The second-order valence-electron chi connectivity index (χ2n) is 11.1. The molecule has 2 aliphatic rings. The van der Waals surface area contributed by atoms with Gasteiger partial charge < -0.3 is 34.6 Å². The SMILES string of the molecule is CCC(O)C(C)C1OC1C(O)C(C)/C=C/C=C(\C)C1OC(=O)CC(O)/C=C\C(C)(O)C(OC(C)=O)/C=C\C1C. The zero-order chi connectivity index (χ0) is 29.5. The Morgan fingerprint density at radius 2 is 1.87 bits per heavy atom. The van der Waals surface area contributed by atoms with E-state index in [-0.39, 0.29) is 36.4 Å². The van der Waals surface area contributed by atoms with Crippen LogP contribution in [-0.4, -0.2) is 80.7 Å². The molecule has 1 fully saturated rings. The molecule has 2 heterocycles. The Hall–Kier alpha value is -2.30. The molecule has 0 aromatic heterocycles. The Morgan fingerprint density at radius 3 is 2.49 bits per heavy atom. The Morgan fingerprint density at radius 1 is 1.21 bits per heavy atom. The summed E-state index contributed by atoms with van der Waals surface area (Å²) in [7, 11) is 0. The summed E-state index contributed by atoms with van der Waals surface area (Å²) in [6.45, 7) is 12.0. The van der Waals surface area contributed by atoms with Crippen molar-refractivity contribution in [2.45, 2.75) is 110 Å². The van der Waals surface area contributed by atoms with E-state index in [0.29, 0.717) is 6.42 Å². The standard InChI is InChI=1S/C30H46O9/c1-8-23(33)20(5)28-29(39-28)26(35)17(2)10-9-11-18(3)27-19(4)12-13-24(37-21(6)31)30(7,36)15-14-22(32)16-25(34)38-27/h9-15,17,19-20,22-24,26-29,32-33,35-36H,8,16H2,1-7H3/b10-9+,13-12-,15-14-,18-11+. The lowest BCUT2D eigenvalue weighted by molar-refractivity contribution is -0.152. The number of hydrogen-bond acceptors (Lipinski definition) is 9. The summed E-state index contributed by atoms with van der Waals surface area (Å²) < 4.78 is 16.7. The van der Waals surface area contributed by atoms with Gasteiger partial charge in [-0.25, -0.2) is 0 Å². The van der Waals surface area contributed by atoms with Crippen molar-refractivity contribution in [3.8, 4) is 0 Å². The Balaban J connectivity index is 2.18. The quantitative estimate of drug-likeness (QED) is 0.147. The van der Waals surface area contributed by atoms with Gasteiger partial charge in [0.25, 0.3) is 0 Å². The van der Waals surface area contributed by atoms with Crippen LogP contribution in [-0.2, 0) is 23.8 Å². The first-order valence-electron chi connectivity index (χ1n) is 13.7. The summed E-state index contributed by atoms with van der Waals surface area (Å²) >= 11 is 0. The van der Waals surface area contributed by atoms with Crippen LogP contribution in [0.4, 0.5) is 0 Å². The molecule has 0 amide bonds. The summed E-state index contributed by atoms with van der Waals surface area (Å²) in [6, 6.07) is 0. The number of allylic oxidation sites excluding steroid dienone is 2. The van der Waals surface area contributed by atoms with Gasteiger partial charge in [-0.1, -0.05) is 64.2 Å². The van der Waals surface area contributed by atoms with Crippen molar-refractivity contribution in [3.05, 3.63) is 48.1 Å². The van der Waals surface area contributed by atoms with Gasteiger partial charge in [-0.15, -0.1) is 0 Å².